The van der Waals surface area contributed by atoms with E-state index in [9.17, 15) is 8.42 Å². The van der Waals surface area contributed by atoms with Gasteiger partial charge in [0.2, 0.25) is 0 Å². The Morgan fingerprint density at radius 3 is 1.17 bits per heavy atom. The van der Waals surface area contributed by atoms with Crippen LogP contribution in [0.5, 0.6) is 0 Å². The van der Waals surface area contributed by atoms with Crippen LogP contribution in [-0.4, -0.2) is 15.0 Å². The highest BCUT2D eigenvalue weighted by Gasteiger charge is 2.13. The zero-order valence-electron chi connectivity index (χ0n) is 31.6. The Balaban J connectivity index is 0.000000487. The first-order chi connectivity index (χ1) is 23.6. The van der Waals surface area contributed by atoms with Gasteiger partial charge in [-0.25, -0.2) is 4.57 Å². The molecule has 2 aromatic rings. The molecule has 0 N–H and O–H groups in total. The summed E-state index contributed by atoms with van der Waals surface area (Å²) >= 11 is 0. The molecule has 0 bridgehead atoms. The molecule has 0 aliphatic rings. The predicted octanol–water partition coefficient (Wildman–Crippen LogP) is 13.3. The summed E-state index contributed by atoms with van der Waals surface area (Å²) in [4.78, 5) is 0.241. The van der Waals surface area contributed by atoms with Gasteiger partial charge in [-0.05, 0) is 25.0 Å². The van der Waals surface area contributed by atoms with E-state index in [0.717, 1.165) is 12.8 Å². The fourth-order valence-electron chi connectivity index (χ4n) is 6.19. The molecular formula is C43H76NO3S+. The van der Waals surface area contributed by atoms with Crippen molar-refractivity contribution >= 4 is 10.1 Å². The van der Waals surface area contributed by atoms with E-state index < -0.39 is 10.1 Å². The van der Waals surface area contributed by atoms with Crippen molar-refractivity contribution in [3.8, 4) is 0 Å². The highest BCUT2D eigenvalue weighted by molar-refractivity contribution is 7.86. The van der Waals surface area contributed by atoms with E-state index in [0.29, 0.717) is 0 Å². The molecule has 0 saturated carbocycles. The fraction of sp³-hybridized carbons (Fsp3) is 0.744. The van der Waals surface area contributed by atoms with Crippen LogP contribution in [0.2, 0.25) is 0 Å². The molecule has 0 unspecified atom stereocenters. The number of hydrogen-bond acceptors (Lipinski definition) is 3. The SMILES string of the molecule is CCCCCCCCCCCCCCCCOS(=O)(=O)c1ccccc1.CCCCCCCCCCCCCCCC[n+]1ccccc1. The lowest BCUT2D eigenvalue weighted by atomic mass is 10.0. The van der Waals surface area contributed by atoms with E-state index in [1.165, 1.54) is 173 Å². The Bertz CT molecular complexity index is 1010. The van der Waals surface area contributed by atoms with E-state index in [-0.39, 0.29) is 11.5 Å². The summed E-state index contributed by atoms with van der Waals surface area (Å²) in [6, 6.07) is 14.7. The number of benzene rings is 1. The number of hydrogen-bond donors (Lipinski definition) is 0. The van der Waals surface area contributed by atoms with Gasteiger partial charge >= 0.3 is 0 Å². The molecule has 0 saturated heterocycles. The number of unbranched alkanes of at least 4 members (excludes halogenated alkanes) is 26. The van der Waals surface area contributed by atoms with Crippen LogP contribution in [0.15, 0.2) is 65.8 Å². The molecule has 5 heteroatoms. The minimum absolute atomic E-state index is 0.241. The van der Waals surface area contributed by atoms with Crippen molar-refractivity contribution in [1.82, 2.24) is 0 Å². The Hall–Kier alpha value is -1.72. The quantitative estimate of drug-likeness (QED) is 0.0437. The maximum Gasteiger partial charge on any atom is 0.296 e. The maximum absolute atomic E-state index is 11.9. The Morgan fingerprint density at radius 2 is 0.771 bits per heavy atom. The van der Waals surface area contributed by atoms with Crippen molar-refractivity contribution in [3.05, 3.63) is 60.9 Å². The van der Waals surface area contributed by atoms with Crippen molar-refractivity contribution in [2.24, 2.45) is 0 Å². The summed E-state index contributed by atoms with van der Waals surface area (Å²) in [5, 5.41) is 0. The van der Waals surface area contributed by atoms with Gasteiger partial charge in [0.05, 0.1) is 11.5 Å². The fourth-order valence-corrected chi connectivity index (χ4v) is 7.16. The molecule has 0 radical (unpaired) electrons. The van der Waals surface area contributed by atoms with Crippen LogP contribution in [0.3, 0.4) is 0 Å². The number of aryl methyl sites for hydroxylation is 1. The zero-order chi connectivity index (χ0) is 34.6. The first kappa shape index (κ1) is 44.3. The normalized spacial score (nSPS) is 11.4. The van der Waals surface area contributed by atoms with E-state index in [4.69, 9.17) is 4.18 Å². The maximum atomic E-state index is 11.9. The van der Waals surface area contributed by atoms with Crippen LogP contribution in [-0.2, 0) is 20.8 Å². The van der Waals surface area contributed by atoms with Crippen LogP contribution >= 0.6 is 0 Å². The molecule has 0 spiro atoms. The summed E-state index contributed by atoms with van der Waals surface area (Å²) < 4.78 is 31.3. The van der Waals surface area contributed by atoms with Gasteiger partial charge in [-0.2, -0.15) is 8.42 Å². The van der Waals surface area contributed by atoms with Crippen molar-refractivity contribution in [1.29, 1.82) is 0 Å². The van der Waals surface area contributed by atoms with E-state index >= 15 is 0 Å². The summed E-state index contributed by atoms with van der Waals surface area (Å²) in [5.41, 5.74) is 0. The van der Waals surface area contributed by atoms with Crippen LogP contribution in [0.4, 0.5) is 0 Å². The molecule has 2 rings (SSSR count). The molecule has 4 nitrogen and oxygen atoms in total. The molecule has 1 aromatic heterocycles. The van der Waals surface area contributed by atoms with Gasteiger partial charge in [0.15, 0.2) is 12.4 Å². The second-order valence-electron chi connectivity index (χ2n) is 13.9. The van der Waals surface area contributed by atoms with E-state index in [1.54, 1.807) is 30.3 Å². The standard InChI is InChI=1S/C22H38O3S.C21H38N/c1-2-3-4-5-6-7-8-9-10-11-12-13-14-18-21-25-26(23,24)22-19-16-15-17-20-22;1-2-3-4-5-6-7-8-9-10-11-12-13-14-16-19-22-20-17-15-18-21-22/h15-17,19-20H,2-14,18,21H2,1H3;15,17-18,20-21H,2-14,16,19H2,1H3/q;+1. The number of rotatable bonds is 32. The molecular weight excluding hydrogens is 611 g/mol. The Labute approximate surface area is 299 Å². The van der Waals surface area contributed by atoms with Crippen LogP contribution in [0.1, 0.15) is 194 Å². The molecule has 0 aliphatic carbocycles. The zero-order valence-corrected chi connectivity index (χ0v) is 32.4. The predicted molar refractivity (Wildman–Crippen MR) is 207 cm³/mol. The lowest BCUT2D eigenvalue weighted by molar-refractivity contribution is -0.697. The third-order valence-electron chi connectivity index (χ3n) is 9.32. The van der Waals surface area contributed by atoms with E-state index in [2.05, 4.69) is 49.0 Å². The monoisotopic (exact) mass is 687 g/mol. The summed E-state index contributed by atoms with van der Waals surface area (Å²) in [7, 11) is -3.58. The van der Waals surface area contributed by atoms with Crippen LogP contribution in [0.25, 0.3) is 0 Å². The van der Waals surface area contributed by atoms with Gasteiger partial charge in [0, 0.05) is 18.6 Å². The molecule has 1 heterocycles. The molecule has 0 atom stereocenters. The lowest BCUT2D eigenvalue weighted by Gasteiger charge is -2.06. The van der Waals surface area contributed by atoms with Gasteiger partial charge < -0.3 is 0 Å². The second-order valence-corrected chi connectivity index (χ2v) is 15.5. The van der Waals surface area contributed by atoms with Crippen molar-refractivity contribution < 1.29 is 17.2 Å². The first-order valence-corrected chi connectivity index (χ1v) is 21.9. The van der Waals surface area contributed by atoms with Gasteiger partial charge in [-0.3, -0.25) is 4.18 Å². The summed E-state index contributed by atoms with van der Waals surface area (Å²) in [6.45, 7) is 6.02. The number of aromatic nitrogens is 1. The third-order valence-corrected chi connectivity index (χ3v) is 10.6. The highest BCUT2D eigenvalue weighted by Crippen LogP contribution is 2.15. The highest BCUT2D eigenvalue weighted by atomic mass is 32.2. The molecule has 48 heavy (non-hydrogen) atoms. The van der Waals surface area contributed by atoms with Gasteiger partial charge in [0.1, 0.15) is 6.54 Å². The summed E-state index contributed by atoms with van der Waals surface area (Å²) in [6.07, 6.45) is 42.4. The number of pyridine rings is 1. The second kappa shape index (κ2) is 33.8. The molecule has 276 valence electrons. The Kier molecular flexibility index (Phi) is 31.2. The number of nitrogens with zero attached hydrogens (tertiary/aromatic N) is 1. The van der Waals surface area contributed by atoms with Crippen molar-refractivity contribution in [2.75, 3.05) is 6.61 Å². The first-order valence-electron chi connectivity index (χ1n) is 20.5. The lowest BCUT2D eigenvalue weighted by Crippen LogP contribution is -2.32. The molecule has 1 aromatic carbocycles. The topological polar surface area (TPSA) is 47.3 Å². The van der Waals surface area contributed by atoms with Crippen LogP contribution < -0.4 is 4.57 Å². The van der Waals surface area contributed by atoms with Crippen molar-refractivity contribution in [2.45, 2.75) is 205 Å². The van der Waals surface area contributed by atoms with Crippen LogP contribution in [0, 0.1) is 0 Å². The third kappa shape index (κ3) is 28.2. The molecule has 0 fully saturated rings. The van der Waals surface area contributed by atoms with Gasteiger partial charge in [0.25, 0.3) is 10.1 Å². The van der Waals surface area contributed by atoms with Gasteiger partial charge in [-0.15, -0.1) is 0 Å². The van der Waals surface area contributed by atoms with Crippen molar-refractivity contribution in [3.63, 3.8) is 0 Å². The minimum Gasteiger partial charge on any atom is -0.266 e. The summed E-state index contributed by atoms with van der Waals surface area (Å²) in [5.74, 6) is 0. The largest absolute Gasteiger partial charge is 0.296 e. The minimum atomic E-state index is -3.58. The van der Waals surface area contributed by atoms with E-state index in [1.807, 2.05) is 0 Å². The van der Waals surface area contributed by atoms with Gasteiger partial charge in [-0.1, -0.05) is 199 Å². The average Bonchev–Trinajstić information content (AvgIpc) is 3.11. The Morgan fingerprint density at radius 1 is 0.438 bits per heavy atom. The molecule has 0 aliphatic heterocycles. The average molecular weight is 687 g/mol. The smallest absolute Gasteiger partial charge is 0.266 e. The molecule has 0 amide bonds.